The highest BCUT2D eigenvalue weighted by atomic mass is 35.5. The number of aromatic nitrogens is 1. The standard InChI is InChI=1S/C10H13Cl2N3O/c1-3-6(13)10(16)15-8-5(2)4-7(11)14-9(8)12/h4,6H,3,13H2,1-2H3,(H,15,16)/t6-/m1/s1. The number of hydrogen-bond donors (Lipinski definition) is 2. The highest BCUT2D eigenvalue weighted by Gasteiger charge is 2.15. The van der Waals surface area contributed by atoms with Gasteiger partial charge in [0.25, 0.3) is 0 Å². The smallest absolute Gasteiger partial charge is 0.241 e. The Morgan fingerprint density at radius 2 is 2.25 bits per heavy atom. The van der Waals surface area contributed by atoms with E-state index < -0.39 is 6.04 Å². The van der Waals surface area contributed by atoms with E-state index in [4.69, 9.17) is 28.9 Å². The molecule has 6 heteroatoms. The van der Waals surface area contributed by atoms with Gasteiger partial charge < -0.3 is 11.1 Å². The van der Waals surface area contributed by atoms with Crippen molar-refractivity contribution in [3.63, 3.8) is 0 Å². The minimum absolute atomic E-state index is 0.168. The van der Waals surface area contributed by atoms with E-state index in [9.17, 15) is 4.79 Å². The van der Waals surface area contributed by atoms with Gasteiger partial charge >= 0.3 is 0 Å². The molecule has 1 atom stereocenters. The molecule has 0 saturated carbocycles. The first-order valence-corrected chi connectivity index (χ1v) is 5.60. The summed E-state index contributed by atoms with van der Waals surface area (Å²) in [5.74, 6) is -0.281. The molecule has 0 aromatic carbocycles. The highest BCUT2D eigenvalue weighted by Crippen LogP contribution is 2.26. The predicted molar refractivity (Wildman–Crippen MR) is 65.9 cm³/mol. The summed E-state index contributed by atoms with van der Waals surface area (Å²) >= 11 is 11.6. The second-order valence-electron chi connectivity index (χ2n) is 3.43. The van der Waals surface area contributed by atoms with Crippen LogP contribution in [0.2, 0.25) is 10.3 Å². The highest BCUT2D eigenvalue weighted by molar-refractivity contribution is 6.34. The van der Waals surface area contributed by atoms with Gasteiger partial charge in [0.05, 0.1) is 11.7 Å². The van der Waals surface area contributed by atoms with Crippen molar-refractivity contribution in [1.29, 1.82) is 0 Å². The van der Waals surface area contributed by atoms with Gasteiger partial charge in [-0.25, -0.2) is 4.98 Å². The number of carbonyl (C=O) groups excluding carboxylic acids is 1. The molecule has 0 fully saturated rings. The number of nitrogens with one attached hydrogen (secondary N) is 1. The number of pyridine rings is 1. The van der Waals surface area contributed by atoms with Crippen molar-refractivity contribution in [2.45, 2.75) is 26.3 Å². The van der Waals surface area contributed by atoms with Crippen LogP contribution in [0.15, 0.2) is 6.07 Å². The first kappa shape index (κ1) is 13.2. The van der Waals surface area contributed by atoms with Crippen molar-refractivity contribution in [3.8, 4) is 0 Å². The summed E-state index contributed by atoms with van der Waals surface area (Å²) in [4.78, 5) is 15.4. The van der Waals surface area contributed by atoms with Gasteiger partial charge in [-0.1, -0.05) is 30.1 Å². The van der Waals surface area contributed by atoms with Crippen molar-refractivity contribution in [2.24, 2.45) is 5.73 Å². The summed E-state index contributed by atoms with van der Waals surface area (Å²) in [6.45, 7) is 3.62. The van der Waals surface area contributed by atoms with Crippen LogP contribution in [0.4, 0.5) is 5.69 Å². The molecule has 16 heavy (non-hydrogen) atoms. The Morgan fingerprint density at radius 3 is 2.75 bits per heavy atom. The summed E-state index contributed by atoms with van der Waals surface area (Å²) in [5.41, 5.74) is 6.80. The molecular weight excluding hydrogens is 249 g/mol. The molecule has 0 aliphatic rings. The number of anilines is 1. The molecule has 1 amide bonds. The Balaban J connectivity index is 2.93. The van der Waals surface area contributed by atoms with Crippen LogP contribution < -0.4 is 11.1 Å². The Labute approximate surface area is 104 Å². The second-order valence-corrected chi connectivity index (χ2v) is 4.18. The molecule has 1 aromatic rings. The Kier molecular flexibility index (Phi) is 4.53. The fourth-order valence-corrected chi connectivity index (χ4v) is 1.73. The lowest BCUT2D eigenvalue weighted by Crippen LogP contribution is -2.35. The third kappa shape index (κ3) is 3.07. The number of nitrogens with zero attached hydrogens (tertiary/aromatic N) is 1. The zero-order valence-corrected chi connectivity index (χ0v) is 10.6. The third-order valence-corrected chi connectivity index (χ3v) is 2.63. The van der Waals surface area contributed by atoms with E-state index in [-0.39, 0.29) is 11.1 Å². The van der Waals surface area contributed by atoms with E-state index in [1.54, 1.807) is 13.0 Å². The zero-order valence-electron chi connectivity index (χ0n) is 9.05. The maximum Gasteiger partial charge on any atom is 0.241 e. The van der Waals surface area contributed by atoms with Crippen molar-refractivity contribution in [1.82, 2.24) is 4.98 Å². The summed E-state index contributed by atoms with van der Waals surface area (Å²) in [6.07, 6.45) is 0.559. The molecular formula is C10H13Cl2N3O. The van der Waals surface area contributed by atoms with Crippen LogP contribution in [0, 0.1) is 6.92 Å². The average molecular weight is 262 g/mol. The van der Waals surface area contributed by atoms with Gasteiger partial charge in [-0.15, -0.1) is 0 Å². The lowest BCUT2D eigenvalue weighted by atomic mass is 10.2. The first-order chi connectivity index (χ1) is 7.45. The normalized spacial score (nSPS) is 12.3. The number of aryl methyl sites for hydroxylation is 1. The molecule has 0 bridgehead atoms. The molecule has 0 radical (unpaired) electrons. The fraction of sp³-hybridized carbons (Fsp3) is 0.400. The Morgan fingerprint density at radius 1 is 1.62 bits per heavy atom. The van der Waals surface area contributed by atoms with E-state index in [0.29, 0.717) is 17.3 Å². The first-order valence-electron chi connectivity index (χ1n) is 4.84. The molecule has 1 heterocycles. The summed E-state index contributed by atoms with van der Waals surface area (Å²) < 4.78 is 0. The molecule has 0 spiro atoms. The summed E-state index contributed by atoms with van der Waals surface area (Å²) in [6, 6.07) is 1.08. The van der Waals surface area contributed by atoms with Crippen LogP contribution >= 0.6 is 23.2 Å². The van der Waals surface area contributed by atoms with Crippen LogP contribution in [0.1, 0.15) is 18.9 Å². The predicted octanol–water partition coefficient (Wildman–Crippen LogP) is 2.37. The topological polar surface area (TPSA) is 68.0 Å². The van der Waals surface area contributed by atoms with Gasteiger partial charge in [0, 0.05) is 0 Å². The molecule has 1 rings (SSSR count). The van der Waals surface area contributed by atoms with Crippen molar-refractivity contribution in [3.05, 3.63) is 21.9 Å². The Bertz CT molecular complexity index is 386. The quantitative estimate of drug-likeness (QED) is 0.822. The van der Waals surface area contributed by atoms with Gasteiger partial charge in [-0.3, -0.25) is 4.79 Å². The monoisotopic (exact) mass is 261 g/mol. The van der Waals surface area contributed by atoms with E-state index in [1.807, 2.05) is 6.92 Å². The lowest BCUT2D eigenvalue weighted by molar-refractivity contribution is -0.117. The van der Waals surface area contributed by atoms with Crippen LogP contribution in [-0.2, 0) is 4.79 Å². The molecule has 0 unspecified atom stereocenters. The van der Waals surface area contributed by atoms with Crippen molar-refractivity contribution >= 4 is 34.8 Å². The van der Waals surface area contributed by atoms with Gasteiger partial charge in [0.15, 0.2) is 5.15 Å². The zero-order chi connectivity index (χ0) is 12.3. The van der Waals surface area contributed by atoms with Crippen molar-refractivity contribution < 1.29 is 4.79 Å². The maximum atomic E-state index is 11.6. The second kappa shape index (κ2) is 5.48. The van der Waals surface area contributed by atoms with E-state index in [1.165, 1.54) is 0 Å². The third-order valence-electron chi connectivity index (χ3n) is 2.17. The van der Waals surface area contributed by atoms with Crippen LogP contribution in [0.25, 0.3) is 0 Å². The molecule has 0 aliphatic carbocycles. The van der Waals surface area contributed by atoms with E-state index in [0.717, 1.165) is 5.56 Å². The minimum Gasteiger partial charge on any atom is -0.322 e. The summed E-state index contributed by atoms with van der Waals surface area (Å²) in [5, 5.41) is 3.10. The fourth-order valence-electron chi connectivity index (χ4n) is 1.15. The van der Waals surface area contributed by atoms with Gasteiger partial charge in [0.1, 0.15) is 5.15 Å². The van der Waals surface area contributed by atoms with E-state index in [2.05, 4.69) is 10.3 Å². The largest absolute Gasteiger partial charge is 0.322 e. The van der Waals surface area contributed by atoms with Crippen molar-refractivity contribution in [2.75, 3.05) is 5.32 Å². The lowest BCUT2D eigenvalue weighted by Gasteiger charge is -2.13. The SMILES string of the molecule is CC[C@@H](N)C(=O)Nc1c(C)cc(Cl)nc1Cl. The molecule has 4 nitrogen and oxygen atoms in total. The van der Waals surface area contributed by atoms with Crippen LogP contribution in [0.5, 0.6) is 0 Å². The number of halogens is 2. The summed E-state index contributed by atoms with van der Waals surface area (Å²) in [7, 11) is 0. The molecule has 88 valence electrons. The number of hydrogen-bond acceptors (Lipinski definition) is 3. The molecule has 3 N–H and O–H groups in total. The van der Waals surface area contributed by atoms with Crippen LogP contribution in [-0.4, -0.2) is 16.9 Å². The molecule has 1 aromatic heterocycles. The van der Waals surface area contributed by atoms with Crippen LogP contribution in [0.3, 0.4) is 0 Å². The van der Waals surface area contributed by atoms with Gasteiger partial charge in [0.2, 0.25) is 5.91 Å². The van der Waals surface area contributed by atoms with E-state index >= 15 is 0 Å². The number of rotatable bonds is 3. The van der Waals surface area contributed by atoms with Gasteiger partial charge in [-0.2, -0.15) is 0 Å². The Hall–Kier alpha value is -0.840. The maximum absolute atomic E-state index is 11.6. The number of carbonyl (C=O) groups is 1. The average Bonchev–Trinajstić information content (AvgIpc) is 2.21. The number of amides is 1. The minimum atomic E-state index is -0.550. The van der Waals surface area contributed by atoms with Gasteiger partial charge in [-0.05, 0) is 25.0 Å². The molecule has 0 aliphatic heterocycles. The number of nitrogens with two attached hydrogens (primary N) is 1. The molecule has 0 saturated heterocycles.